The van der Waals surface area contributed by atoms with Crippen LogP contribution in [0, 0.1) is 18.3 Å². The van der Waals surface area contributed by atoms with Crippen LogP contribution in [0.25, 0.3) is 0 Å². The topological polar surface area (TPSA) is 76.4 Å². The predicted octanol–water partition coefficient (Wildman–Crippen LogP) is 5.79. The highest BCUT2D eigenvalue weighted by Crippen LogP contribution is 2.37. The minimum absolute atomic E-state index is 0.0263. The Bertz CT molecular complexity index is 991. The van der Waals surface area contributed by atoms with E-state index >= 15 is 0 Å². The van der Waals surface area contributed by atoms with Gasteiger partial charge in [-0.25, -0.2) is 0 Å². The fraction of sp³-hybridized carbons (Fsp3) is 0.458. The molecular formula is C24H33NO4SSi. The third-order valence-electron chi connectivity index (χ3n) is 5.87. The minimum Gasteiger partial charge on any atom is -0.414 e. The highest BCUT2D eigenvalue weighted by Gasteiger charge is 2.38. The Morgan fingerprint density at radius 3 is 2.13 bits per heavy atom. The molecule has 2 rings (SSSR count). The molecule has 0 aliphatic heterocycles. The van der Waals surface area contributed by atoms with E-state index in [9.17, 15) is 13.7 Å². The minimum atomic E-state index is -3.99. The summed E-state index contributed by atoms with van der Waals surface area (Å²) in [6.07, 6.45) is -0.550. The van der Waals surface area contributed by atoms with Crippen LogP contribution in [0.2, 0.25) is 18.1 Å². The molecule has 2 atom stereocenters. The van der Waals surface area contributed by atoms with Crippen molar-refractivity contribution >= 4 is 18.4 Å². The van der Waals surface area contributed by atoms with Crippen LogP contribution in [-0.4, -0.2) is 29.4 Å². The Balaban J connectivity index is 2.28. The first kappa shape index (κ1) is 25.3. The maximum Gasteiger partial charge on any atom is 0.297 e. The molecule has 2 aromatic carbocycles. The first-order valence-electron chi connectivity index (χ1n) is 10.4. The van der Waals surface area contributed by atoms with Crippen LogP contribution in [0.5, 0.6) is 0 Å². The lowest BCUT2D eigenvalue weighted by atomic mass is 9.95. The van der Waals surface area contributed by atoms with E-state index in [0.717, 1.165) is 11.1 Å². The van der Waals surface area contributed by atoms with Gasteiger partial charge < -0.3 is 4.43 Å². The second kappa shape index (κ2) is 10.1. The van der Waals surface area contributed by atoms with Crippen LogP contribution in [0.4, 0.5) is 0 Å². The maximum absolute atomic E-state index is 12.9. The Morgan fingerprint density at radius 1 is 1.03 bits per heavy atom. The Morgan fingerprint density at radius 2 is 1.61 bits per heavy atom. The monoisotopic (exact) mass is 459 g/mol. The summed E-state index contributed by atoms with van der Waals surface area (Å²) in [6.45, 7) is 12.6. The summed E-state index contributed by atoms with van der Waals surface area (Å²) in [5.74, 6) is -0.498. The Labute approximate surface area is 188 Å². The van der Waals surface area contributed by atoms with Gasteiger partial charge in [-0.05, 0) is 49.2 Å². The molecule has 0 amide bonds. The zero-order chi connectivity index (χ0) is 23.3. The first-order valence-corrected chi connectivity index (χ1v) is 14.8. The second-order valence-corrected chi connectivity index (χ2v) is 15.8. The Hall–Kier alpha value is -1.98. The molecule has 0 bridgehead atoms. The van der Waals surface area contributed by atoms with Crippen molar-refractivity contribution in [1.82, 2.24) is 0 Å². The van der Waals surface area contributed by atoms with Gasteiger partial charge in [0.1, 0.15) is 6.10 Å². The SMILES string of the molecule is Cc1ccc(S(=O)(=O)OC(CO[Si](C)(C)C(C)(C)C)CC(C#N)c2ccccc2)cc1. The summed E-state index contributed by atoms with van der Waals surface area (Å²) >= 11 is 0. The largest absolute Gasteiger partial charge is 0.414 e. The Kier molecular flexibility index (Phi) is 8.23. The summed E-state index contributed by atoms with van der Waals surface area (Å²) in [6, 6.07) is 18.2. The van der Waals surface area contributed by atoms with Crippen molar-refractivity contribution in [3.63, 3.8) is 0 Å². The molecule has 0 N–H and O–H groups in total. The summed E-state index contributed by atoms with van der Waals surface area (Å²) in [4.78, 5) is 0.101. The van der Waals surface area contributed by atoms with Crippen LogP contribution in [0.3, 0.4) is 0 Å². The number of rotatable bonds is 9. The summed E-state index contributed by atoms with van der Waals surface area (Å²) in [7, 11) is -6.12. The first-order chi connectivity index (χ1) is 14.4. The van der Waals surface area contributed by atoms with Crippen molar-refractivity contribution in [2.75, 3.05) is 6.61 Å². The molecule has 31 heavy (non-hydrogen) atoms. The van der Waals surface area contributed by atoms with Crippen LogP contribution >= 0.6 is 0 Å². The third-order valence-corrected chi connectivity index (χ3v) is 11.7. The summed E-state index contributed by atoms with van der Waals surface area (Å²) in [5.41, 5.74) is 1.80. The van der Waals surface area contributed by atoms with Crippen LogP contribution in [0.1, 0.15) is 44.2 Å². The molecule has 5 nitrogen and oxygen atoms in total. The lowest BCUT2D eigenvalue weighted by Gasteiger charge is -2.37. The zero-order valence-corrected chi connectivity index (χ0v) is 21.1. The third kappa shape index (κ3) is 7.01. The standard InChI is InChI=1S/C24H33NO4SSi/c1-19-12-14-23(15-13-19)30(26,27)29-22(18-28-31(5,6)24(2,3)4)16-21(17-25)20-10-8-7-9-11-20/h7-15,21-22H,16,18H2,1-6H3. The summed E-state index contributed by atoms with van der Waals surface area (Å²) in [5, 5.41) is 9.72. The number of benzene rings is 2. The van der Waals surface area contributed by atoms with E-state index in [1.807, 2.05) is 37.3 Å². The van der Waals surface area contributed by atoms with E-state index in [1.54, 1.807) is 12.1 Å². The average molecular weight is 460 g/mol. The smallest absolute Gasteiger partial charge is 0.297 e. The van der Waals surface area contributed by atoms with E-state index in [4.69, 9.17) is 8.61 Å². The zero-order valence-electron chi connectivity index (χ0n) is 19.3. The van der Waals surface area contributed by atoms with E-state index in [-0.39, 0.29) is 23.0 Å². The van der Waals surface area contributed by atoms with Gasteiger partial charge in [-0.15, -0.1) is 0 Å². The summed E-state index contributed by atoms with van der Waals surface area (Å²) < 4.78 is 37.8. The molecule has 0 fully saturated rings. The number of aryl methyl sites for hydroxylation is 1. The molecule has 0 saturated heterocycles. The number of hydrogen-bond donors (Lipinski definition) is 0. The van der Waals surface area contributed by atoms with Crippen LogP contribution < -0.4 is 0 Å². The molecule has 168 valence electrons. The molecule has 0 aromatic heterocycles. The molecule has 7 heteroatoms. The second-order valence-electron chi connectivity index (χ2n) is 9.38. The van der Waals surface area contributed by atoms with Crippen molar-refractivity contribution in [3.8, 4) is 6.07 Å². The van der Waals surface area contributed by atoms with Gasteiger partial charge in [0.05, 0.1) is 23.5 Å². The molecule has 0 spiro atoms. The van der Waals surface area contributed by atoms with Crippen molar-refractivity contribution in [1.29, 1.82) is 5.26 Å². The molecule has 0 saturated carbocycles. The molecule has 0 aliphatic rings. The highest BCUT2D eigenvalue weighted by molar-refractivity contribution is 7.86. The van der Waals surface area contributed by atoms with E-state index in [0.29, 0.717) is 0 Å². The van der Waals surface area contributed by atoms with Gasteiger partial charge in [0.15, 0.2) is 8.32 Å². The highest BCUT2D eigenvalue weighted by atomic mass is 32.2. The van der Waals surface area contributed by atoms with Crippen LogP contribution in [0.15, 0.2) is 59.5 Å². The fourth-order valence-corrected chi connectivity index (χ4v) is 4.91. The van der Waals surface area contributed by atoms with Gasteiger partial charge >= 0.3 is 0 Å². The van der Waals surface area contributed by atoms with Gasteiger partial charge in [0, 0.05) is 0 Å². The molecular weight excluding hydrogens is 426 g/mol. The molecule has 2 unspecified atom stereocenters. The van der Waals surface area contributed by atoms with Crippen molar-refractivity contribution < 1.29 is 17.0 Å². The molecule has 2 aromatic rings. The molecule has 0 radical (unpaired) electrons. The molecule has 0 aliphatic carbocycles. The fourth-order valence-electron chi connectivity index (χ4n) is 2.80. The number of nitriles is 1. The molecule has 0 heterocycles. The van der Waals surface area contributed by atoms with Gasteiger partial charge in [0.25, 0.3) is 10.1 Å². The van der Waals surface area contributed by atoms with Crippen molar-refractivity contribution in [2.45, 2.75) is 69.2 Å². The van der Waals surface area contributed by atoms with E-state index in [1.165, 1.54) is 12.1 Å². The average Bonchev–Trinajstić information content (AvgIpc) is 2.70. The lowest BCUT2D eigenvalue weighted by molar-refractivity contribution is 0.116. The van der Waals surface area contributed by atoms with Crippen molar-refractivity contribution in [2.24, 2.45) is 0 Å². The van der Waals surface area contributed by atoms with Crippen LogP contribution in [-0.2, 0) is 18.7 Å². The van der Waals surface area contributed by atoms with E-state index < -0.39 is 30.5 Å². The van der Waals surface area contributed by atoms with Crippen molar-refractivity contribution in [3.05, 3.63) is 65.7 Å². The normalized spacial score (nSPS) is 14.6. The van der Waals surface area contributed by atoms with Gasteiger partial charge in [-0.1, -0.05) is 68.8 Å². The van der Waals surface area contributed by atoms with Gasteiger partial charge in [-0.3, -0.25) is 4.18 Å². The maximum atomic E-state index is 12.9. The van der Waals surface area contributed by atoms with E-state index in [2.05, 4.69) is 39.9 Å². The quantitative estimate of drug-likeness (QED) is 0.350. The number of hydrogen-bond acceptors (Lipinski definition) is 5. The predicted molar refractivity (Wildman–Crippen MR) is 126 cm³/mol. The number of nitrogens with zero attached hydrogens (tertiary/aromatic N) is 1. The lowest BCUT2D eigenvalue weighted by Crippen LogP contribution is -2.43. The van der Waals surface area contributed by atoms with Gasteiger partial charge in [-0.2, -0.15) is 13.7 Å². The van der Waals surface area contributed by atoms with Gasteiger partial charge in [0.2, 0.25) is 0 Å².